The Kier molecular flexibility index (Phi) is 5.37. The number of piperidine rings is 1. The van der Waals surface area contributed by atoms with Gasteiger partial charge in [0.05, 0.1) is 35.0 Å². The second-order valence-corrected chi connectivity index (χ2v) is 11.5. The smallest absolute Gasteiger partial charge is 0.149 e. The van der Waals surface area contributed by atoms with Crippen LogP contribution >= 0.6 is 22.9 Å². The number of aryl methyl sites for hydroxylation is 1. The zero-order valence-electron chi connectivity index (χ0n) is 15.4. The van der Waals surface area contributed by atoms with E-state index in [0.29, 0.717) is 6.54 Å². The van der Waals surface area contributed by atoms with Crippen molar-refractivity contribution in [2.75, 3.05) is 31.7 Å². The molecule has 0 unspecified atom stereocenters. The van der Waals surface area contributed by atoms with Gasteiger partial charge in [-0.3, -0.25) is 9.58 Å². The molecule has 6 nitrogen and oxygen atoms in total. The Labute approximate surface area is 169 Å². The van der Waals surface area contributed by atoms with Gasteiger partial charge in [0.15, 0.2) is 0 Å². The van der Waals surface area contributed by atoms with Crippen LogP contribution in [0.25, 0.3) is 0 Å². The topological polar surface area (TPSA) is 64.4 Å². The van der Waals surface area contributed by atoms with E-state index in [9.17, 15) is 8.42 Å². The van der Waals surface area contributed by atoms with Crippen LogP contribution in [0.2, 0.25) is 4.34 Å². The molecule has 148 valence electrons. The fourth-order valence-electron chi connectivity index (χ4n) is 4.00. The highest BCUT2D eigenvalue weighted by atomic mass is 35.5. The minimum Gasteiger partial charge on any atom is -0.370 e. The van der Waals surface area contributed by atoms with E-state index >= 15 is 0 Å². The molecule has 4 rings (SSSR count). The van der Waals surface area contributed by atoms with E-state index in [-0.39, 0.29) is 11.4 Å². The quantitative estimate of drug-likeness (QED) is 0.731. The maximum atomic E-state index is 11.3. The summed E-state index contributed by atoms with van der Waals surface area (Å²) < 4.78 is 31.4. The van der Waals surface area contributed by atoms with Gasteiger partial charge in [-0.2, -0.15) is 5.10 Å². The van der Waals surface area contributed by atoms with Crippen molar-refractivity contribution in [2.45, 2.75) is 38.0 Å². The number of hydrogen-bond acceptors (Lipinski definition) is 6. The number of rotatable bonds is 5. The van der Waals surface area contributed by atoms with E-state index in [1.54, 1.807) is 16.0 Å². The summed E-state index contributed by atoms with van der Waals surface area (Å²) in [6.45, 7) is 3.92. The Balaban J connectivity index is 1.36. The Morgan fingerprint density at radius 3 is 2.89 bits per heavy atom. The lowest BCUT2D eigenvalue weighted by Gasteiger charge is -2.44. The average Bonchev–Trinajstić information content (AvgIpc) is 3.21. The van der Waals surface area contributed by atoms with Gasteiger partial charge < -0.3 is 4.74 Å². The zero-order valence-corrected chi connectivity index (χ0v) is 17.7. The predicted octanol–water partition coefficient (Wildman–Crippen LogP) is 2.71. The van der Waals surface area contributed by atoms with Crippen LogP contribution in [0.1, 0.15) is 28.8 Å². The monoisotopic (exact) mass is 429 g/mol. The molecule has 1 spiro atoms. The van der Waals surface area contributed by atoms with E-state index < -0.39 is 9.84 Å². The van der Waals surface area contributed by atoms with Crippen LogP contribution in [0.5, 0.6) is 0 Å². The van der Waals surface area contributed by atoms with Crippen molar-refractivity contribution in [1.82, 2.24) is 14.7 Å². The van der Waals surface area contributed by atoms with Crippen molar-refractivity contribution in [2.24, 2.45) is 0 Å². The molecule has 2 aromatic heterocycles. The van der Waals surface area contributed by atoms with Gasteiger partial charge in [0.1, 0.15) is 9.84 Å². The van der Waals surface area contributed by atoms with Gasteiger partial charge in [0.2, 0.25) is 0 Å². The molecule has 27 heavy (non-hydrogen) atoms. The summed E-state index contributed by atoms with van der Waals surface area (Å²) in [5, 5.41) is 4.29. The SMILES string of the molecule is CS(=O)(=O)CCn1cc(CN2CCC3(CC2)OCCc2sc(Cl)cc23)cn1. The summed E-state index contributed by atoms with van der Waals surface area (Å²) >= 11 is 7.94. The molecule has 0 amide bonds. The number of nitrogens with zero attached hydrogens (tertiary/aromatic N) is 3. The number of ether oxygens (including phenoxy) is 1. The highest BCUT2D eigenvalue weighted by Gasteiger charge is 2.41. The van der Waals surface area contributed by atoms with Crippen molar-refractivity contribution in [3.05, 3.63) is 38.8 Å². The van der Waals surface area contributed by atoms with Crippen LogP contribution in [0.15, 0.2) is 18.5 Å². The fraction of sp³-hybridized carbons (Fsp3) is 0.611. The minimum atomic E-state index is -2.97. The van der Waals surface area contributed by atoms with E-state index in [4.69, 9.17) is 16.3 Å². The summed E-state index contributed by atoms with van der Waals surface area (Å²) in [5.41, 5.74) is 2.24. The van der Waals surface area contributed by atoms with Gasteiger partial charge in [-0.25, -0.2) is 8.42 Å². The number of sulfone groups is 1. The standard InChI is InChI=1S/C18H24ClN3O3S2/c1-27(23,24)9-7-22-13-14(11-20-22)12-21-5-3-18(4-6-21)15-10-17(19)26-16(15)2-8-25-18/h10-11,13H,2-9,12H2,1H3. The highest BCUT2D eigenvalue weighted by molar-refractivity contribution is 7.90. The van der Waals surface area contributed by atoms with Gasteiger partial charge in [-0.1, -0.05) is 11.6 Å². The van der Waals surface area contributed by atoms with Crippen molar-refractivity contribution in [1.29, 1.82) is 0 Å². The Morgan fingerprint density at radius 2 is 2.15 bits per heavy atom. The molecule has 2 aliphatic rings. The third kappa shape index (κ3) is 4.40. The molecule has 0 saturated carbocycles. The maximum Gasteiger partial charge on any atom is 0.149 e. The lowest BCUT2D eigenvalue weighted by Crippen LogP contribution is -2.45. The van der Waals surface area contributed by atoms with E-state index in [1.165, 1.54) is 16.7 Å². The molecular weight excluding hydrogens is 406 g/mol. The molecule has 0 atom stereocenters. The second-order valence-electron chi connectivity index (χ2n) is 7.50. The van der Waals surface area contributed by atoms with Crippen molar-refractivity contribution >= 4 is 32.8 Å². The van der Waals surface area contributed by atoms with Gasteiger partial charge in [-0.05, 0) is 24.5 Å². The molecule has 1 fully saturated rings. The van der Waals surface area contributed by atoms with Crippen LogP contribution in [-0.2, 0) is 39.7 Å². The van der Waals surface area contributed by atoms with Gasteiger partial charge in [0, 0.05) is 48.9 Å². The predicted molar refractivity (Wildman–Crippen MR) is 107 cm³/mol. The Morgan fingerprint density at radius 1 is 1.37 bits per heavy atom. The lowest BCUT2D eigenvalue weighted by atomic mass is 9.82. The summed E-state index contributed by atoms with van der Waals surface area (Å²) in [6.07, 6.45) is 7.93. The fourth-order valence-corrected chi connectivity index (χ4v) is 5.86. The zero-order chi connectivity index (χ0) is 19.1. The highest BCUT2D eigenvalue weighted by Crippen LogP contribution is 2.45. The van der Waals surface area contributed by atoms with E-state index in [1.807, 2.05) is 12.4 Å². The summed E-state index contributed by atoms with van der Waals surface area (Å²) in [6, 6.07) is 2.10. The van der Waals surface area contributed by atoms with Gasteiger partial charge in [0.25, 0.3) is 0 Å². The average molecular weight is 430 g/mol. The number of aromatic nitrogens is 2. The normalized spacial score (nSPS) is 20.1. The molecule has 0 bridgehead atoms. The van der Waals surface area contributed by atoms with Gasteiger partial charge in [-0.15, -0.1) is 11.3 Å². The summed E-state index contributed by atoms with van der Waals surface area (Å²) in [7, 11) is -2.97. The number of hydrogen-bond donors (Lipinski definition) is 0. The molecule has 2 aromatic rings. The van der Waals surface area contributed by atoms with E-state index in [2.05, 4.69) is 16.1 Å². The van der Waals surface area contributed by atoms with Crippen molar-refractivity contribution in [3.8, 4) is 0 Å². The molecule has 0 aliphatic carbocycles. The molecule has 2 aliphatic heterocycles. The Bertz CT molecular complexity index is 914. The first-order valence-electron chi connectivity index (χ1n) is 9.17. The van der Waals surface area contributed by atoms with Crippen LogP contribution in [0.3, 0.4) is 0 Å². The molecule has 9 heteroatoms. The van der Waals surface area contributed by atoms with Crippen molar-refractivity contribution < 1.29 is 13.2 Å². The number of likely N-dealkylation sites (tertiary alicyclic amines) is 1. The first kappa shape index (κ1) is 19.4. The minimum absolute atomic E-state index is 0.114. The van der Waals surface area contributed by atoms with Gasteiger partial charge >= 0.3 is 0 Å². The maximum absolute atomic E-state index is 11.3. The van der Waals surface area contributed by atoms with Crippen LogP contribution in [0.4, 0.5) is 0 Å². The third-order valence-electron chi connectivity index (χ3n) is 5.43. The number of thiophene rings is 1. The number of halogens is 1. The molecule has 1 saturated heterocycles. The second kappa shape index (κ2) is 7.48. The van der Waals surface area contributed by atoms with E-state index in [0.717, 1.165) is 55.4 Å². The van der Waals surface area contributed by atoms with Crippen LogP contribution < -0.4 is 0 Å². The number of fused-ring (bicyclic) bond motifs is 2. The van der Waals surface area contributed by atoms with Crippen LogP contribution in [-0.4, -0.2) is 54.8 Å². The molecular formula is C18H24ClN3O3S2. The molecule has 0 aromatic carbocycles. The lowest BCUT2D eigenvalue weighted by molar-refractivity contribution is -0.0980. The molecule has 4 heterocycles. The summed E-state index contributed by atoms with van der Waals surface area (Å²) in [4.78, 5) is 3.79. The summed E-state index contributed by atoms with van der Waals surface area (Å²) in [5.74, 6) is 0.114. The first-order chi connectivity index (χ1) is 12.8. The molecule has 0 radical (unpaired) electrons. The molecule has 0 N–H and O–H groups in total. The van der Waals surface area contributed by atoms with Crippen LogP contribution in [0, 0.1) is 0 Å². The third-order valence-corrected chi connectivity index (χ3v) is 7.67. The first-order valence-corrected chi connectivity index (χ1v) is 12.4. The largest absolute Gasteiger partial charge is 0.370 e. The van der Waals surface area contributed by atoms with Crippen molar-refractivity contribution in [3.63, 3.8) is 0 Å². The Hall–Kier alpha value is -0.930.